The van der Waals surface area contributed by atoms with Crippen LogP contribution in [-0.2, 0) is 4.79 Å². The summed E-state index contributed by atoms with van der Waals surface area (Å²) in [5.74, 6) is -0.978. The van der Waals surface area contributed by atoms with Crippen molar-refractivity contribution in [3.63, 3.8) is 0 Å². The predicted molar refractivity (Wildman–Crippen MR) is 92.6 cm³/mol. The maximum atomic E-state index is 12.9. The van der Waals surface area contributed by atoms with Crippen molar-refractivity contribution in [1.82, 2.24) is 10.2 Å². The standard InChI is InChI=1S/C19H13FN4O/c20-16-6-8-17(9-7-16)23-19(25)14(11-21)10-15-12-22-24-18(15)13-4-2-1-3-5-13/h1-10,12H,(H,22,24)(H,23,25)/b14-10-. The summed E-state index contributed by atoms with van der Waals surface area (Å²) in [5, 5.41) is 18.7. The molecule has 3 aromatic rings. The largest absolute Gasteiger partial charge is 0.321 e. The topological polar surface area (TPSA) is 81.6 Å². The van der Waals surface area contributed by atoms with Gasteiger partial charge in [0.15, 0.2) is 0 Å². The number of benzene rings is 2. The van der Waals surface area contributed by atoms with Crippen molar-refractivity contribution in [2.75, 3.05) is 5.32 Å². The molecule has 0 aliphatic rings. The van der Waals surface area contributed by atoms with E-state index < -0.39 is 11.7 Å². The van der Waals surface area contributed by atoms with E-state index in [4.69, 9.17) is 0 Å². The second-order valence-electron chi connectivity index (χ2n) is 5.20. The molecule has 0 unspecified atom stereocenters. The molecule has 0 aliphatic heterocycles. The Morgan fingerprint density at radius 3 is 2.56 bits per heavy atom. The minimum absolute atomic E-state index is 0.0806. The first-order valence-electron chi connectivity index (χ1n) is 7.45. The number of nitrogens with one attached hydrogen (secondary N) is 2. The average molecular weight is 332 g/mol. The van der Waals surface area contributed by atoms with Crippen LogP contribution in [0.15, 0.2) is 66.4 Å². The summed E-state index contributed by atoms with van der Waals surface area (Å²) in [6, 6.07) is 16.7. The van der Waals surface area contributed by atoms with Crippen LogP contribution in [0.4, 0.5) is 10.1 Å². The van der Waals surface area contributed by atoms with Crippen LogP contribution >= 0.6 is 0 Å². The van der Waals surface area contributed by atoms with Gasteiger partial charge in [-0.1, -0.05) is 30.3 Å². The van der Waals surface area contributed by atoms with Crippen molar-refractivity contribution >= 4 is 17.7 Å². The van der Waals surface area contributed by atoms with E-state index in [-0.39, 0.29) is 5.57 Å². The van der Waals surface area contributed by atoms with Gasteiger partial charge in [0.1, 0.15) is 17.5 Å². The highest BCUT2D eigenvalue weighted by Crippen LogP contribution is 2.23. The average Bonchev–Trinajstić information content (AvgIpc) is 3.10. The van der Waals surface area contributed by atoms with Gasteiger partial charge in [-0.3, -0.25) is 9.89 Å². The first-order valence-corrected chi connectivity index (χ1v) is 7.45. The van der Waals surface area contributed by atoms with Gasteiger partial charge in [0, 0.05) is 16.8 Å². The number of aromatic nitrogens is 2. The zero-order valence-corrected chi connectivity index (χ0v) is 13.0. The molecule has 0 aliphatic carbocycles. The van der Waals surface area contributed by atoms with E-state index in [9.17, 15) is 14.4 Å². The first kappa shape index (κ1) is 16.1. The number of carbonyl (C=O) groups excluding carboxylic acids is 1. The van der Waals surface area contributed by atoms with E-state index in [1.165, 1.54) is 30.3 Å². The maximum absolute atomic E-state index is 12.9. The number of hydrogen-bond acceptors (Lipinski definition) is 3. The predicted octanol–water partition coefficient (Wildman–Crippen LogP) is 3.76. The minimum Gasteiger partial charge on any atom is -0.321 e. The van der Waals surface area contributed by atoms with Gasteiger partial charge < -0.3 is 5.32 Å². The highest BCUT2D eigenvalue weighted by molar-refractivity contribution is 6.10. The lowest BCUT2D eigenvalue weighted by Gasteiger charge is -2.04. The van der Waals surface area contributed by atoms with Gasteiger partial charge in [-0.15, -0.1) is 0 Å². The lowest BCUT2D eigenvalue weighted by Crippen LogP contribution is -2.13. The fourth-order valence-corrected chi connectivity index (χ4v) is 2.28. The van der Waals surface area contributed by atoms with Gasteiger partial charge in [-0.05, 0) is 30.3 Å². The van der Waals surface area contributed by atoms with Crippen LogP contribution in [0.1, 0.15) is 5.56 Å². The van der Waals surface area contributed by atoms with Gasteiger partial charge in [0.2, 0.25) is 0 Å². The summed E-state index contributed by atoms with van der Waals surface area (Å²) in [4.78, 5) is 12.3. The molecule has 0 fully saturated rings. The van der Waals surface area contributed by atoms with Gasteiger partial charge in [0.05, 0.1) is 11.9 Å². The summed E-state index contributed by atoms with van der Waals surface area (Å²) in [7, 11) is 0. The van der Waals surface area contributed by atoms with Crippen molar-refractivity contribution in [2.24, 2.45) is 0 Å². The van der Waals surface area contributed by atoms with Crippen LogP contribution in [0.3, 0.4) is 0 Å². The van der Waals surface area contributed by atoms with Gasteiger partial charge in [0.25, 0.3) is 5.91 Å². The van der Waals surface area contributed by atoms with E-state index in [0.29, 0.717) is 16.9 Å². The monoisotopic (exact) mass is 332 g/mol. The molecule has 1 amide bonds. The highest BCUT2D eigenvalue weighted by atomic mass is 19.1. The van der Waals surface area contributed by atoms with Crippen LogP contribution < -0.4 is 5.32 Å². The number of halogens is 1. The molecule has 2 N–H and O–H groups in total. The second kappa shape index (κ2) is 7.23. The Labute approximate surface area is 143 Å². The number of anilines is 1. The lowest BCUT2D eigenvalue weighted by atomic mass is 10.1. The lowest BCUT2D eigenvalue weighted by molar-refractivity contribution is -0.112. The van der Waals surface area contributed by atoms with Crippen molar-refractivity contribution < 1.29 is 9.18 Å². The molecule has 0 radical (unpaired) electrons. The van der Waals surface area contributed by atoms with E-state index in [2.05, 4.69) is 15.5 Å². The molecule has 6 heteroatoms. The third-order valence-electron chi connectivity index (χ3n) is 3.50. The molecule has 5 nitrogen and oxygen atoms in total. The number of rotatable bonds is 4. The van der Waals surface area contributed by atoms with Crippen molar-refractivity contribution in [2.45, 2.75) is 0 Å². The molecule has 0 spiro atoms. The Bertz CT molecular complexity index is 953. The third-order valence-corrected chi connectivity index (χ3v) is 3.50. The van der Waals surface area contributed by atoms with Gasteiger partial charge in [-0.2, -0.15) is 10.4 Å². The summed E-state index contributed by atoms with van der Waals surface area (Å²) >= 11 is 0. The smallest absolute Gasteiger partial charge is 0.266 e. The zero-order valence-electron chi connectivity index (χ0n) is 13.0. The molecular formula is C19H13FN4O. The summed E-state index contributed by atoms with van der Waals surface area (Å²) < 4.78 is 12.9. The molecular weight excluding hydrogens is 319 g/mol. The van der Waals surface area contributed by atoms with Crippen LogP contribution in [0.2, 0.25) is 0 Å². The molecule has 1 aromatic heterocycles. The van der Waals surface area contributed by atoms with Crippen LogP contribution in [0, 0.1) is 17.1 Å². The third kappa shape index (κ3) is 3.79. The Morgan fingerprint density at radius 1 is 1.16 bits per heavy atom. The van der Waals surface area contributed by atoms with E-state index >= 15 is 0 Å². The number of carbonyl (C=O) groups is 1. The molecule has 0 saturated carbocycles. The highest BCUT2D eigenvalue weighted by Gasteiger charge is 2.12. The second-order valence-corrected chi connectivity index (χ2v) is 5.20. The Hall–Kier alpha value is -3.72. The van der Waals surface area contributed by atoms with Crippen LogP contribution in [0.5, 0.6) is 0 Å². The number of amides is 1. The Morgan fingerprint density at radius 2 is 1.88 bits per heavy atom. The fraction of sp³-hybridized carbons (Fsp3) is 0. The van der Waals surface area contributed by atoms with Crippen molar-refractivity contribution in [3.05, 3.63) is 77.7 Å². The first-order chi connectivity index (χ1) is 12.2. The molecule has 0 bridgehead atoms. The van der Waals surface area contributed by atoms with Crippen LogP contribution in [-0.4, -0.2) is 16.1 Å². The Balaban J connectivity index is 1.86. The Kier molecular flexibility index (Phi) is 4.67. The molecule has 0 atom stereocenters. The van der Waals surface area contributed by atoms with E-state index in [0.717, 1.165) is 5.56 Å². The SMILES string of the molecule is N#C/C(=C/c1cn[nH]c1-c1ccccc1)C(=O)Nc1ccc(F)cc1. The molecule has 0 saturated heterocycles. The number of H-pyrrole nitrogens is 1. The number of hydrogen-bond donors (Lipinski definition) is 2. The fourth-order valence-electron chi connectivity index (χ4n) is 2.28. The molecule has 25 heavy (non-hydrogen) atoms. The normalized spacial score (nSPS) is 11.0. The van der Waals surface area contributed by atoms with Crippen LogP contribution in [0.25, 0.3) is 17.3 Å². The molecule has 122 valence electrons. The minimum atomic E-state index is -0.575. The number of nitriles is 1. The number of nitrogens with zero attached hydrogens (tertiary/aromatic N) is 2. The molecule has 2 aromatic carbocycles. The van der Waals surface area contributed by atoms with Gasteiger partial charge in [-0.25, -0.2) is 4.39 Å². The number of aromatic amines is 1. The van der Waals surface area contributed by atoms with E-state index in [1.54, 1.807) is 6.20 Å². The molecule has 3 rings (SSSR count). The summed E-state index contributed by atoms with van der Waals surface area (Å²) in [6.45, 7) is 0. The van der Waals surface area contributed by atoms with E-state index in [1.807, 2.05) is 36.4 Å². The van der Waals surface area contributed by atoms with Gasteiger partial charge >= 0.3 is 0 Å². The summed E-state index contributed by atoms with van der Waals surface area (Å²) in [5.41, 5.74) is 2.55. The summed E-state index contributed by atoms with van der Waals surface area (Å²) in [6.07, 6.45) is 3.01. The maximum Gasteiger partial charge on any atom is 0.266 e. The zero-order chi connectivity index (χ0) is 17.6. The molecule has 1 heterocycles. The van der Waals surface area contributed by atoms with Crippen molar-refractivity contribution in [3.8, 4) is 17.3 Å². The van der Waals surface area contributed by atoms with Crippen molar-refractivity contribution in [1.29, 1.82) is 5.26 Å². The quantitative estimate of drug-likeness (QED) is 0.564.